The van der Waals surface area contributed by atoms with Gasteiger partial charge in [0.1, 0.15) is 5.75 Å². The zero-order valence-electron chi connectivity index (χ0n) is 13.4. The van der Waals surface area contributed by atoms with E-state index in [-0.39, 0.29) is 0 Å². The molecule has 0 radical (unpaired) electrons. The maximum Gasteiger partial charge on any atom is 0.166 e. The Morgan fingerprint density at radius 3 is 2.38 bits per heavy atom. The number of ether oxygens (including phenoxy) is 1. The Morgan fingerprint density at radius 1 is 1.14 bits per heavy atom. The fraction of sp³-hybridized carbons (Fsp3) is 0.562. The molecule has 1 rings (SSSR count). The molecule has 4 nitrogen and oxygen atoms in total. The Hall–Kier alpha value is -1.33. The van der Waals surface area contributed by atoms with E-state index in [0.29, 0.717) is 0 Å². The van der Waals surface area contributed by atoms with Crippen molar-refractivity contribution in [3.63, 3.8) is 0 Å². The molecule has 0 fully saturated rings. The van der Waals surface area contributed by atoms with Gasteiger partial charge in [-0.15, -0.1) is 0 Å². The highest BCUT2D eigenvalue weighted by atomic mass is 32.1. The smallest absolute Gasteiger partial charge is 0.166 e. The van der Waals surface area contributed by atoms with Gasteiger partial charge in [-0.2, -0.15) is 0 Å². The number of nitrogens with one attached hydrogen (secondary N) is 3. The Balaban J connectivity index is 2.15. The molecule has 0 atom stereocenters. The summed E-state index contributed by atoms with van der Waals surface area (Å²) in [5.41, 5.74) is 1.19. The maximum atomic E-state index is 5.28. The van der Waals surface area contributed by atoms with Crippen LogP contribution in [0.15, 0.2) is 24.3 Å². The second-order valence-electron chi connectivity index (χ2n) is 5.02. The number of hydrogen-bond acceptors (Lipinski definition) is 2. The average molecular weight is 310 g/mol. The molecule has 1 aromatic rings. The number of thiocarbonyl (C=S) groups is 1. The van der Waals surface area contributed by atoms with Gasteiger partial charge in [-0.1, -0.05) is 12.1 Å². The lowest BCUT2D eigenvalue weighted by atomic mass is 10.2. The van der Waals surface area contributed by atoms with Crippen LogP contribution in [0, 0.1) is 0 Å². The molecule has 21 heavy (non-hydrogen) atoms. The largest absolute Gasteiger partial charge is 0.497 e. The molecule has 3 N–H and O–H groups in total. The molecule has 0 heterocycles. The van der Waals surface area contributed by atoms with Crippen LogP contribution < -0.4 is 20.3 Å². The molecule has 5 heteroatoms. The van der Waals surface area contributed by atoms with Gasteiger partial charge in [-0.05, 0) is 43.8 Å². The van der Waals surface area contributed by atoms with Gasteiger partial charge in [0.2, 0.25) is 0 Å². The number of rotatable bonds is 9. The van der Waals surface area contributed by atoms with Gasteiger partial charge in [0.25, 0.3) is 0 Å². The Morgan fingerprint density at radius 2 is 1.81 bits per heavy atom. The Kier molecular flexibility index (Phi) is 8.78. The van der Waals surface area contributed by atoms with Gasteiger partial charge >= 0.3 is 0 Å². The van der Waals surface area contributed by atoms with Crippen LogP contribution in [0.5, 0.6) is 5.75 Å². The van der Waals surface area contributed by atoms with Crippen molar-refractivity contribution >= 4 is 17.3 Å². The second kappa shape index (κ2) is 10.4. The first kappa shape index (κ1) is 17.7. The lowest BCUT2D eigenvalue weighted by Gasteiger charge is -2.16. The molecule has 0 saturated carbocycles. The summed E-state index contributed by atoms with van der Waals surface area (Å²) in [6, 6.07) is 8.00. The Bertz CT molecular complexity index is 404. The lowest BCUT2D eigenvalue weighted by Crippen LogP contribution is -3.11. The molecule has 0 spiro atoms. The van der Waals surface area contributed by atoms with Crippen LogP contribution in [0.25, 0.3) is 0 Å². The third kappa shape index (κ3) is 7.29. The molecule has 118 valence electrons. The van der Waals surface area contributed by atoms with Crippen LogP contribution in [0.3, 0.4) is 0 Å². The lowest BCUT2D eigenvalue weighted by molar-refractivity contribution is -0.896. The predicted octanol–water partition coefficient (Wildman–Crippen LogP) is 0.974. The van der Waals surface area contributed by atoms with Crippen molar-refractivity contribution in [2.24, 2.45) is 0 Å². The minimum Gasteiger partial charge on any atom is -0.497 e. The van der Waals surface area contributed by atoms with Crippen molar-refractivity contribution in [1.82, 2.24) is 10.6 Å². The highest BCUT2D eigenvalue weighted by Gasteiger charge is 2.02. The quantitative estimate of drug-likeness (QED) is 0.469. The molecule has 0 aliphatic rings. The SMILES string of the molecule is CC[NH+](CC)CCCNC(=S)NCc1ccc(OC)cc1. The Labute approximate surface area is 133 Å². The van der Waals surface area contributed by atoms with Gasteiger partial charge < -0.3 is 20.3 Å². The molecule has 0 saturated heterocycles. The van der Waals surface area contributed by atoms with Crippen molar-refractivity contribution in [2.45, 2.75) is 26.8 Å². The molecular weight excluding hydrogens is 282 g/mol. The first-order valence-corrected chi connectivity index (χ1v) is 8.08. The fourth-order valence-corrected chi connectivity index (χ4v) is 2.31. The first-order chi connectivity index (χ1) is 10.2. The highest BCUT2D eigenvalue weighted by molar-refractivity contribution is 7.80. The molecule has 0 unspecified atom stereocenters. The van der Waals surface area contributed by atoms with Crippen LogP contribution in [-0.4, -0.2) is 38.4 Å². The van der Waals surface area contributed by atoms with Gasteiger partial charge in [0.05, 0.1) is 26.7 Å². The van der Waals surface area contributed by atoms with Crippen molar-refractivity contribution < 1.29 is 9.64 Å². The van der Waals surface area contributed by atoms with Gasteiger partial charge in [0.15, 0.2) is 5.11 Å². The normalized spacial score (nSPS) is 10.5. The summed E-state index contributed by atoms with van der Waals surface area (Å²) in [5.74, 6) is 0.873. The minimum absolute atomic E-state index is 0.723. The predicted molar refractivity (Wildman–Crippen MR) is 92.0 cm³/mol. The van der Waals surface area contributed by atoms with Crippen LogP contribution in [0.4, 0.5) is 0 Å². The van der Waals surface area contributed by atoms with Crippen LogP contribution in [-0.2, 0) is 6.54 Å². The third-order valence-corrected chi connectivity index (χ3v) is 3.89. The monoisotopic (exact) mass is 310 g/mol. The van der Waals surface area contributed by atoms with E-state index in [1.54, 1.807) is 12.0 Å². The van der Waals surface area contributed by atoms with E-state index in [4.69, 9.17) is 17.0 Å². The topological polar surface area (TPSA) is 37.7 Å². The number of methoxy groups -OCH3 is 1. The highest BCUT2D eigenvalue weighted by Crippen LogP contribution is 2.10. The third-order valence-electron chi connectivity index (χ3n) is 3.60. The van der Waals surface area contributed by atoms with E-state index in [1.807, 2.05) is 24.3 Å². The molecule has 1 aromatic carbocycles. The van der Waals surface area contributed by atoms with Crippen molar-refractivity contribution in [2.75, 3.05) is 33.3 Å². The molecule has 0 bridgehead atoms. The summed E-state index contributed by atoms with van der Waals surface area (Å²) in [6.45, 7) is 9.70. The minimum atomic E-state index is 0.723. The number of quaternary nitrogens is 1. The van der Waals surface area contributed by atoms with E-state index in [0.717, 1.165) is 30.4 Å². The summed E-state index contributed by atoms with van der Waals surface area (Å²) in [5, 5.41) is 7.21. The summed E-state index contributed by atoms with van der Waals surface area (Å²) in [7, 11) is 1.67. The van der Waals surface area contributed by atoms with Gasteiger partial charge in [-0.25, -0.2) is 0 Å². The summed E-state index contributed by atoms with van der Waals surface area (Å²) < 4.78 is 5.14. The van der Waals surface area contributed by atoms with E-state index in [9.17, 15) is 0 Å². The van der Waals surface area contributed by atoms with Crippen LogP contribution in [0.1, 0.15) is 25.8 Å². The summed E-state index contributed by atoms with van der Waals surface area (Å²) in [6.07, 6.45) is 1.14. The van der Waals surface area contributed by atoms with E-state index < -0.39 is 0 Å². The molecular formula is C16H28N3OS+. The molecule has 0 amide bonds. The zero-order chi connectivity index (χ0) is 15.5. The van der Waals surface area contributed by atoms with Crippen molar-refractivity contribution in [3.05, 3.63) is 29.8 Å². The van der Waals surface area contributed by atoms with Gasteiger partial charge in [-0.3, -0.25) is 0 Å². The number of benzene rings is 1. The standard InChI is InChI=1S/C16H27N3OS/c1-4-19(5-2)12-6-11-17-16(21)18-13-14-7-9-15(20-3)10-8-14/h7-10H,4-6,11-13H2,1-3H3,(H2,17,18,21)/p+1. The zero-order valence-corrected chi connectivity index (χ0v) is 14.2. The summed E-state index contributed by atoms with van der Waals surface area (Å²) >= 11 is 5.28. The second-order valence-corrected chi connectivity index (χ2v) is 5.43. The fourth-order valence-electron chi connectivity index (χ4n) is 2.13. The molecule has 0 aliphatic heterocycles. The van der Waals surface area contributed by atoms with E-state index >= 15 is 0 Å². The first-order valence-electron chi connectivity index (χ1n) is 7.67. The number of hydrogen-bond donors (Lipinski definition) is 3. The van der Waals surface area contributed by atoms with Crippen LogP contribution >= 0.6 is 12.2 Å². The summed E-state index contributed by atoms with van der Waals surface area (Å²) in [4.78, 5) is 1.63. The molecule has 0 aromatic heterocycles. The van der Waals surface area contributed by atoms with Crippen LogP contribution in [0.2, 0.25) is 0 Å². The molecule has 0 aliphatic carbocycles. The van der Waals surface area contributed by atoms with Crippen molar-refractivity contribution in [3.8, 4) is 5.75 Å². The van der Waals surface area contributed by atoms with E-state index in [2.05, 4.69) is 24.5 Å². The average Bonchev–Trinajstić information content (AvgIpc) is 2.53. The van der Waals surface area contributed by atoms with E-state index in [1.165, 1.54) is 25.2 Å². The maximum absolute atomic E-state index is 5.28. The van der Waals surface area contributed by atoms with Crippen molar-refractivity contribution in [1.29, 1.82) is 0 Å². The van der Waals surface area contributed by atoms with Gasteiger partial charge in [0, 0.05) is 19.5 Å².